The topological polar surface area (TPSA) is 56.5 Å². The fourth-order valence-electron chi connectivity index (χ4n) is 1.56. The summed E-state index contributed by atoms with van der Waals surface area (Å²) in [6, 6.07) is 0.349. The highest BCUT2D eigenvalue weighted by molar-refractivity contribution is 7.09. The van der Waals surface area contributed by atoms with Gasteiger partial charge in [-0.3, -0.25) is 0 Å². The molecule has 0 aliphatic carbocycles. The van der Waals surface area contributed by atoms with Crippen molar-refractivity contribution >= 4 is 11.5 Å². The molecule has 2 heterocycles. The second-order valence-corrected chi connectivity index (χ2v) is 4.71. The molecule has 0 N–H and O–H groups in total. The molecule has 0 spiro atoms. The molecule has 2 aromatic heterocycles. The molecule has 2 aromatic rings. The molecule has 0 bridgehead atoms. The summed E-state index contributed by atoms with van der Waals surface area (Å²) < 4.78 is 6.06. The minimum Gasteiger partial charge on any atom is -0.310 e. The monoisotopic (exact) mass is 237 g/mol. The zero-order chi connectivity index (χ0) is 11.5. The molecular formula is C10H15N5S. The number of nitrogens with zero attached hydrogens (tertiary/aromatic N) is 5. The van der Waals surface area contributed by atoms with Crippen LogP contribution in [0.1, 0.15) is 38.9 Å². The number of hydrogen-bond donors (Lipinski definition) is 0. The molecule has 6 heteroatoms. The predicted octanol–water partition coefficient (Wildman–Crippen LogP) is 2.33. The van der Waals surface area contributed by atoms with Crippen molar-refractivity contribution in [3.63, 3.8) is 0 Å². The van der Waals surface area contributed by atoms with E-state index in [1.165, 1.54) is 11.5 Å². The normalized spacial score (nSPS) is 11.2. The van der Waals surface area contributed by atoms with E-state index in [2.05, 4.69) is 40.6 Å². The van der Waals surface area contributed by atoms with E-state index in [4.69, 9.17) is 0 Å². The quantitative estimate of drug-likeness (QED) is 0.819. The lowest BCUT2D eigenvalue weighted by molar-refractivity contribution is 0.604. The molecule has 0 aliphatic rings. The Morgan fingerprint density at radius 1 is 1.38 bits per heavy atom. The van der Waals surface area contributed by atoms with Crippen LogP contribution in [0.5, 0.6) is 0 Å². The molecule has 5 nitrogen and oxygen atoms in total. The maximum atomic E-state index is 4.17. The minimum atomic E-state index is 0.349. The summed E-state index contributed by atoms with van der Waals surface area (Å²) in [4.78, 5) is 1.05. The van der Waals surface area contributed by atoms with Gasteiger partial charge in [0.15, 0.2) is 5.82 Å². The molecule has 2 rings (SSSR count). The van der Waals surface area contributed by atoms with Crippen molar-refractivity contribution in [3.05, 3.63) is 12.0 Å². The zero-order valence-corrected chi connectivity index (χ0v) is 10.5. The highest BCUT2D eigenvalue weighted by Crippen LogP contribution is 2.26. The van der Waals surface area contributed by atoms with Gasteiger partial charge in [-0.15, -0.1) is 15.3 Å². The van der Waals surface area contributed by atoms with E-state index < -0.39 is 0 Å². The van der Waals surface area contributed by atoms with Gasteiger partial charge in [0.2, 0.25) is 0 Å². The molecule has 0 unspecified atom stereocenters. The van der Waals surface area contributed by atoms with Crippen LogP contribution < -0.4 is 0 Å². The number of rotatable bonds is 4. The van der Waals surface area contributed by atoms with Crippen molar-refractivity contribution in [2.45, 2.75) is 39.7 Å². The SMILES string of the molecule is CCCc1nnsc1-c1nncn1C(C)C. The second kappa shape index (κ2) is 4.69. The molecule has 0 aromatic carbocycles. The van der Waals surface area contributed by atoms with Crippen LogP contribution >= 0.6 is 11.5 Å². The van der Waals surface area contributed by atoms with E-state index in [-0.39, 0.29) is 0 Å². The van der Waals surface area contributed by atoms with Crippen LogP contribution in [0, 0.1) is 0 Å². The fraction of sp³-hybridized carbons (Fsp3) is 0.600. The van der Waals surface area contributed by atoms with Gasteiger partial charge in [0.05, 0.1) is 5.69 Å². The molecule has 0 amide bonds. The van der Waals surface area contributed by atoms with Gasteiger partial charge in [-0.1, -0.05) is 17.8 Å². The van der Waals surface area contributed by atoms with Gasteiger partial charge in [-0.25, -0.2) is 0 Å². The van der Waals surface area contributed by atoms with E-state index in [1.807, 2.05) is 4.57 Å². The fourth-order valence-corrected chi connectivity index (χ4v) is 2.26. The lowest BCUT2D eigenvalue weighted by atomic mass is 10.2. The van der Waals surface area contributed by atoms with Crippen LogP contribution in [0.25, 0.3) is 10.7 Å². The van der Waals surface area contributed by atoms with Crippen molar-refractivity contribution in [2.75, 3.05) is 0 Å². The largest absolute Gasteiger partial charge is 0.310 e. The molecular weight excluding hydrogens is 222 g/mol. The highest BCUT2D eigenvalue weighted by atomic mass is 32.1. The van der Waals surface area contributed by atoms with Crippen LogP contribution in [-0.4, -0.2) is 24.4 Å². The van der Waals surface area contributed by atoms with E-state index in [9.17, 15) is 0 Å². The Morgan fingerprint density at radius 2 is 2.19 bits per heavy atom. The first-order valence-electron chi connectivity index (χ1n) is 5.45. The smallest absolute Gasteiger partial charge is 0.177 e. The molecule has 0 fully saturated rings. The van der Waals surface area contributed by atoms with Gasteiger partial charge in [0.25, 0.3) is 0 Å². The summed E-state index contributed by atoms with van der Waals surface area (Å²) in [5, 5.41) is 12.3. The standard InChI is InChI=1S/C10H15N5S/c1-4-5-8-9(16-14-12-8)10-13-11-6-15(10)7(2)3/h6-7H,4-5H2,1-3H3. The van der Waals surface area contributed by atoms with Crippen LogP contribution in [0.3, 0.4) is 0 Å². The van der Waals surface area contributed by atoms with Gasteiger partial charge >= 0.3 is 0 Å². The van der Waals surface area contributed by atoms with Crippen LogP contribution in [0.4, 0.5) is 0 Å². The van der Waals surface area contributed by atoms with Gasteiger partial charge < -0.3 is 4.57 Å². The molecule has 0 radical (unpaired) electrons. The zero-order valence-electron chi connectivity index (χ0n) is 9.71. The third kappa shape index (κ3) is 1.97. The van der Waals surface area contributed by atoms with E-state index in [1.54, 1.807) is 6.33 Å². The lowest BCUT2D eigenvalue weighted by Crippen LogP contribution is -2.02. The Labute approximate surface area is 98.7 Å². The number of hydrogen-bond acceptors (Lipinski definition) is 5. The van der Waals surface area contributed by atoms with Gasteiger partial charge in [-0.2, -0.15) is 0 Å². The molecule has 0 aliphatic heterocycles. The summed E-state index contributed by atoms with van der Waals surface area (Å²) in [7, 11) is 0. The van der Waals surface area contributed by atoms with E-state index in [0.717, 1.165) is 29.2 Å². The van der Waals surface area contributed by atoms with Crippen molar-refractivity contribution in [1.82, 2.24) is 24.4 Å². The lowest BCUT2D eigenvalue weighted by Gasteiger charge is -2.08. The Morgan fingerprint density at radius 3 is 2.88 bits per heavy atom. The average molecular weight is 237 g/mol. The third-order valence-corrected chi connectivity index (χ3v) is 3.14. The Bertz CT molecular complexity index is 459. The summed E-state index contributed by atoms with van der Waals surface area (Å²) in [5.41, 5.74) is 1.03. The first-order chi connectivity index (χ1) is 7.74. The average Bonchev–Trinajstić information content (AvgIpc) is 2.83. The number of aromatic nitrogens is 5. The Hall–Kier alpha value is -1.30. The van der Waals surface area contributed by atoms with Gasteiger partial charge in [0.1, 0.15) is 11.2 Å². The molecule has 16 heavy (non-hydrogen) atoms. The molecule has 0 atom stereocenters. The first kappa shape index (κ1) is 11.2. The van der Waals surface area contributed by atoms with Crippen molar-refractivity contribution in [3.8, 4) is 10.7 Å². The first-order valence-corrected chi connectivity index (χ1v) is 6.22. The van der Waals surface area contributed by atoms with Crippen LogP contribution in [-0.2, 0) is 6.42 Å². The van der Waals surface area contributed by atoms with Gasteiger partial charge in [0, 0.05) is 6.04 Å². The molecule has 0 saturated heterocycles. The van der Waals surface area contributed by atoms with Crippen LogP contribution in [0.2, 0.25) is 0 Å². The summed E-state index contributed by atoms with van der Waals surface area (Å²) in [5.74, 6) is 0.883. The third-order valence-electron chi connectivity index (χ3n) is 2.38. The van der Waals surface area contributed by atoms with Gasteiger partial charge in [-0.05, 0) is 31.8 Å². The number of aryl methyl sites for hydroxylation is 1. The summed E-state index contributed by atoms with van der Waals surface area (Å²) >= 11 is 1.39. The van der Waals surface area contributed by atoms with E-state index in [0.29, 0.717) is 6.04 Å². The highest BCUT2D eigenvalue weighted by Gasteiger charge is 2.16. The summed E-state index contributed by atoms with van der Waals surface area (Å²) in [6.07, 6.45) is 3.76. The maximum absolute atomic E-state index is 4.17. The van der Waals surface area contributed by atoms with Crippen molar-refractivity contribution in [1.29, 1.82) is 0 Å². The van der Waals surface area contributed by atoms with E-state index >= 15 is 0 Å². The predicted molar refractivity (Wildman–Crippen MR) is 63.3 cm³/mol. The Balaban J connectivity index is 2.42. The molecule has 0 saturated carbocycles. The Kier molecular flexibility index (Phi) is 3.28. The molecule has 86 valence electrons. The second-order valence-electron chi connectivity index (χ2n) is 3.95. The van der Waals surface area contributed by atoms with Crippen molar-refractivity contribution in [2.24, 2.45) is 0 Å². The minimum absolute atomic E-state index is 0.349. The summed E-state index contributed by atoms with van der Waals surface area (Å²) in [6.45, 7) is 6.36. The van der Waals surface area contributed by atoms with Crippen molar-refractivity contribution < 1.29 is 0 Å². The van der Waals surface area contributed by atoms with Crippen LogP contribution in [0.15, 0.2) is 6.33 Å². The maximum Gasteiger partial charge on any atom is 0.177 e.